The van der Waals surface area contributed by atoms with Gasteiger partial charge in [0.15, 0.2) is 0 Å². The summed E-state index contributed by atoms with van der Waals surface area (Å²) in [6.45, 7) is 5.12. The molecule has 1 N–H and O–H groups in total. The Hall–Kier alpha value is -0.410. The van der Waals surface area contributed by atoms with Crippen molar-refractivity contribution in [2.24, 2.45) is 0 Å². The molecule has 1 aromatic heterocycles. The number of aryl methyl sites for hydroxylation is 1. The molecule has 0 spiro atoms. The molecule has 1 heterocycles. The number of furan rings is 1. The van der Waals surface area contributed by atoms with Crippen molar-refractivity contribution in [2.45, 2.75) is 19.9 Å². The van der Waals surface area contributed by atoms with E-state index in [1.165, 1.54) is 0 Å². The van der Waals surface area contributed by atoms with Gasteiger partial charge in [0.2, 0.25) is 0 Å². The van der Waals surface area contributed by atoms with Gasteiger partial charge >= 0.3 is 0 Å². The first kappa shape index (κ1) is 10.7. The van der Waals surface area contributed by atoms with Gasteiger partial charge in [-0.15, -0.1) is 0 Å². The highest BCUT2D eigenvalue weighted by atomic mass is 32.2. The van der Waals surface area contributed by atoms with Crippen LogP contribution in [0.1, 0.15) is 24.5 Å². The fourth-order valence-electron chi connectivity index (χ4n) is 1.16. The number of nitrogens with one attached hydrogen (secondary N) is 1. The molecule has 0 radical (unpaired) electrons. The minimum absolute atomic E-state index is 0.320. The van der Waals surface area contributed by atoms with E-state index in [-0.39, 0.29) is 0 Å². The van der Waals surface area contributed by atoms with Crippen molar-refractivity contribution in [3.8, 4) is 0 Å². The van der Waals surface area contributed by atoms with E-state index >= 15 is 0 Å². The number of thioether (sulfide) groups is 1. The Balaban J connectivity index is 2.35. The van der Waals surface area contributed by atoms with Crippen molar-refractivity contribution < 1.29 is 4.42 Å². The summed E-state index contributed by atoms with van der Waals surface area (Å²) in [7, 11) is 0. The molecular formula is C10H17NOS. The Bertz CT molecular complexity index is 247. The fourth-order valence-corrected chi connectivity index (χ4v) is 1.49. The third-order valence-corrected chi connectivity index (χ3v) is 2.56. The molecule has 0 aliphatic rings. The van der Waals surface area contributed by atoms with Gasteiger partial charge in [-0.05, 0) is 32.2 Å². The second-order valence-electron chi connectivity index (χ2n) is 3.12. The molecule has 3 heteroatoms. The molecule has 0 saturated carbocycles. The number of hydrogen-bond acceptors (Lipinski definition) is 3. The smallest absolute Gasteiger partial charge is 0.120 e. The van der Waals surface area contributed by atoms with Gasteiger partial charge in [-0.25, -0.2) is 0 Å². The quantitative estimate of drug-likeness (QED) is 0.738. The highest BCUT2D eigenvalue weighted by Crippen LogP contribution is 2.15. The Labute approximate surface area is 84.1 Å². The predicted octanol–water partition coefficient (Wildman–Crippen LogP) is 2.60. The maximum Gasteiger partial charge on any atom is 0.120 e. The summed E-state index contributed by atoms with van der Waals surface area (Å²) in [6.07, 6.45) is 2.11. The molecular weight excluding hydrogens is 182 g/mol. The lowest BCUT2D eigenvalue weighted by atomic mass is 10.2. The van der Waals surface area contributed by atoms with Crippen molar-refractivity contribution >= 4 is 11.8 Å². The Morgan fingerprint density at radius 1 is 1.54 bits per heavy atom. The minimum Gasteiger partial charge on any atom is -0.465 e. The third kappa shape index (κ3) is 3.44. The maximum atomic E-state index is 5.51. The molecule has 2 nitrogen and oxygen atoms in total. The molecule has 13 heavy (non-hydrogen) atoms. The van der Waals surface area contributed by atoms with Crippen LogP contribution >= 0.6 is 11.8 Å². The van der Waals surface area contributed by atoms with Crippen molar-refractivity contribution in [3.05, 3.63) is 23.7 Å². The van der Waals surface area contributed by atoms with Crippen LogP contribution in [0.3, 0.4) is 0 Å². The van der Waals surface area contributed by atoms with E-state index < -0.39 is 0 Å². The second kappa shape index (κ2) is 5.35. The second-order valence-corrected chi connectivity index (χ2v) is 4.10. The van der Waals surface area contributed by atoms with Crippen molar-refractivity contribution in [1.29, 1.82) is 0 Å². The van der Waals surface area contributed by atoms with E-state index in [4.69, 9.17) is 4.42 Å². The van der Waals surface area contributed by atoms with Gasteiger partial charge in [0.1, 0.15) is 11.5 Å². The van der Waals surface area contributed by atoms with Crippen LogP contribution < -0.4 is 5.32 Å². The number of hydrogen-bond donors (Lipinski definition) is 1. The van der Waals surface area contributed by atoms with Gasteiger partial charge in [0.25, 0.3) is 0 Å². The first-order chi connectivity index (χ1) is 6.24. The first-order valence-electron chi connectivity index (χ1n) is 4.52. The summed E-state index contributed by atoms with van der Waals surface area (Å²) in [4.78, 5) is 0. The lowest BCUT2D eigenvalue weighted by Gasteiger charge is -2.09. The lowest BCUT2D eigenvalue weighted by Crippen LogP contribution is -2.20. The molecule has 0 aliphatic carbocycles. The van der Waals surface area contributed by atoms with Crippen LogP contribution in [-0.4, -0.2) is 18.6 Å². The summed E-state index contributed by atoms with van der Waals surface area (Å²) in [5, 5.41) is 3.40. The van der Waals surface area contributed by atoms with Crippen LogP contribution in [0.5, 0.6) is 0 Å². The first-order valence-corrected chi connectivity index (χ1v) is 5.92. The molecule has 1 atom stereocenters. The van der Waals surface area contributed by atoms with Crippen LogP contribution in [0.2, 0.25) is 0 Å². The molecule has 1 aromatic rings. The standard InChI is InChI=1S/C10H17NOS/c1-8-4-5-10(12-8)9(2)11-6-7-13-3/h4-5,9,11H,6-7H2,1-3H3. The molecule has 0 saturated heterocycles. The summed E-state index contributed by atoms with van der Waals surface area (Å²) in [5.41, 5.74) is 0. The van der Waals surface area contributed by atoms with Crippen molar-refractivity contribution in [2.75, 3.05) is 18.6 Å². The zero-order valence-corrected chi connectivity index (χ0v) is 9.28. The maximum absolute atomic E-state index is 5.51. The monoisotopic (exact) mass is 199 g/mol. The summed E-state index contributed by atoms with van der Waals surface area (Å²) in [5.74, 6) is 3.15. The summed E-state index contributed by atoms with van der Waals surface area (Å²) < 4.78 is 5.51. The van der Waals surface area contributed by atoms with E-state index in [0.29, 0.717) is 6.04 Å². The average molecular weight is 199 g/mol. The van der Waals surface area contributed by atoms with Crippen molar-refractivity contribution in [1.82, 2.24) is 5.32 Å². The number of rotatable bonds is 5. The largest absolute Gasteiger partial charge is 0.465 e. The van der Waals surface area contributed by atoms with E-state index in [1.807, 2.05) is 30.8 Å². The van der Waals surface area contributed by atoms with E-state index in [2.05, 4.69) is 18.5 Å². The molecule has 74 valence electrons. The van der Waals surface area contributed by atoms with Crippen LogP contribution in [-0.2, 0) is 0 Å². The van der Waals surface area contributed by atoms with Gasteiger partial charge in [-0.3, -0.25) is 0 Å². The highest BCUT2D eigenvalue weighted by Gasteiger charge is 2.07. The Morgan fingerprint density at radius 3 is 2.85 bits per heavy atom. The topological polar surface area (TPSA) is 25.2 Å². The van der Waals surface area contributed by atoms with Crippen LogP contribution in [0, 0.1) is 6.92 Å². The normalized spacial score (nSPS) is 13.2. The fraction of sp³-hybridized carbons (Fsp3) is 0.600. The van der Waals surface area contributed by atoms with E-state index in [9.17, 15) is 0 Å². The predicted molar refractivity (Wildman–Crippen MR) is 58.2 cm³/mol. The molecule has 1 rings (SSSR count). The molecule has 0 aromatic carbocycles. The SMILES string of the molecule is CSCCNC(C)c1ccc(C)o1. The van der Waals surface area contributed by atoms with Gasteiger partial charge in [0, 0.05) is 12.3 Å². The summed E-state index contributed by atoms with van der Waals surface area (Å²) >= 11 is 1.85. The summed E-state index contributed by atoms with van der Waals surface area (Å²) in [6, 6.07) is 4.36. The molecule has 0 amide bonds. The van der Waals surface area contributed by atoms with Crippen LogP contribution in [0.25, 0.3) is 0 Å². The van der Waals surface area contributed by atoms with Gasteiger partial charge in [-0.2, -0.15) is 11.8 Å². The van der Waals surface area contributed by atoms with Gasteiger partial charge in [-0.1, -0.05) is 0 Å². The zero-order valence-electron chi connectivity index (χ0n) is 8.46. The molecule has 0 fully saturated rings. The van der Waals surface area contributed by atoms with Crippen LogP contribution in [0.15, 0.2) is 16.5 Å². The van der Waals surface area contributed by atoms with Gasteiger partial charge in [0.05, 0.1) is 6.04 Å². The Kier molecular flexibility index (Phi) is 4.39. The Morgan fingerprint density at radius 2 is 2.31 bits per heavy atom. The third-order valence-electron chi connectivity index (χ3n) is 1.94. The zero-order chi connectivity index (χ0) is 9.68. The average Bonchev–Trinajstić information content (AvgIpc) is 2.52. The minimum atomic E-state index is 0.320. The van der Waals surface area contributed by atoms with E-state index in [0.717, 1.165) is 23.8 Å². The molecule has 0 aliphatic heterocycles. The van der Waals surface area contributed by atoms with Crippen LogP contribution in [0.4, 0.5) is 0 Å². The van der Waals surface area contributed by atoms with E-state index in [1.54, 1.807) is 0 Å². The molecule has 1 unspecified atom stereocenters. The van der Waals surface area contributed by atoms with Crippen molar-refractivity contribution in [3.63, 3.8) is 0 Å². The highest BCUT2D eigenvalue weighted by molar-refractivity contribution is 7.98. The lowest BCUT2D eigenvalue weighted by molar-refractivity contribution is 0.422. The molecule has 0 bridgehead atoms. The van der Waals surface area contributed by atoms with Gasteiger partial charge < -0.3 is 9.73 Å².